The van der Waals surface area contributed by atoms with Gasteiger partial charge in [0.1, 0.15) is 13.1 Å². The number of nitrogens with zero attached hydrogens (tertiary/aromatic N) is 1. The van der Waals surface area contributed by atoms with E-state index in [1.165, 1.54) is 5.75 Å². The Balaban J connectivity index is 2.61. The summed E-state index contributed by atoms with van der Waals surface area (Å²) in [7, 11) is 0. The summed E-state index contributed by atoms with van der Waals surface area (Å²) in [6.45, 7) is 9.07. The summed E-state index contributed by atoms with van der Waals surface area (Å²) in [5.41, 5.74) is 0. The van der Waals surface area contributed by atoms with E-state index in [4.69, 9.17) is 0 Å². The molecule has 0 bridgehead atoms. The molecule has 0 aromatic carbocycles. The number of hydrogen-bond donors (Lipinski definition) is 0. The molecule has 0 aromatic heterocycles. The lowest BCUT2D eigenvalue weighted by atomic mass is 10.4. The van der Waals surface area contributed by atoms with Crippen molar-refractivity contribution in [2.45, 2.75) is 29.9 Å². The van der Waals surface area contributed by atoms with E-state index in [1.807, 2.05) is 11.8 Å². The van der Waals surface area contributed by atoms with Crippen molar-refractivity contribution in [2.75, 3.05) is 18.8 Å². The van der Waals surface area contributed by atoms with Crippen molar-refractivity contribution in [1.29, 1.82) is 0 Å². The molecule has 1 aliphatic rings. The van der Waals surface area contributed by atoms with Crippen molar-refractivity contribution in [3.63, 3.8) is 0 Å². The van der Waals surface area contributed by atoms with Gasteiger partial charge in [0.25, 0.3) is 4.38 Å². The number of halogens is 1. The van der Waals surface area contributed by atoms with Crippen LogP contribution >= 0.6 is 46.1 Å². The third-order valence-corrected chi connectivity index (χ3v) is 6.73. The van der Waals surface area contributed by atoms with Crippen molar-refractivity contribution < 1.29 is 4.58 Å². The molecule has 0 aliphatic carbocycles. The Morgan fingerprint density at radius 2 is 2.15 bits per heavy atom. The fourth-order valence-electron chi connectivity index (χ4n) is 1.22. The normalized spacial score (nSPS) is 24.9. The Bertz CT molecular complexity index is 198. The topological polar surface area (TPSA) is 3.01 Å². The molecule has 2 atom stereocenters. The lowest BCUT2D eigenvalue weighted by Crippen LogP contribution is -2.16. The van der Waals surface area contributed by atoms with Gasteiger partial charge >= 0.3 is 0 Å². The van der Waals surface area contributed by atoms with E-state index >= 15 is 0 Å². The molecule has 76 valence electrons. The Morgan fingerprint density at radius 3 is 2.54 bits per heavy atom. The monoisotopic (exact) mass is 330 g/mol. The summed E-state index contributed by atoms with van der Waals surface area (Å²) >= 11 is 6.65. The lowest BCUT2D eigenvalue weighted by Gasteiger charge is -2.07. The van der Waals surface area contributed by atoms with Gasteiger partial charge in [-0.25, -0.2) is 4.58 Å². The van der Waals surface area contributed by atoms with Crippen molar-refractivity contribution in [3.8, 4) is 0 Å². The van der Waals surface area contributed by atoms with Gasteiger partial charge in [0.15, 0.2) is 0 Å². The molecule has 0 radical (unpaired) electrons. The summed E-state index contributed by atoms with van der Waals surface area (Å²) < 4.78 is 4.79. The van der Waals surface area contributed by atoms with Gasteiger partial charge in [-0.1, -0.05) is 29.5 Å². The first-order chi connectivity index (χ1) is 6.19. The zero-order valence-corrected chi connectivity index (χ0v) is 12.2. The molecule has 4 heteroatoms. The van der Waals surface area contributed by atoms with Crippen LogP contribution in [0.25, 0.3) is 0 Å². The summed E-state index contributed by atoms with van der Waals surface area (Å²) in [5.74, 6) is 1.29. The molecular weight excluding hydrogens is 313 g/mol. The number of thioether (sulfide) groups is 2. The van der Waals surface area contributed by atoms with Gasteiger partial charge in [-0.3, -0.25) is 0 Å². The highest BCUT2D eigenvalue weighted by Crippen LogP contribution is 2.36. The Labute approximate surface area is 103 Å². The van der Waals surface area contributed by atoms with E-state index in [-0.39, 0.29) is 0 Å². The van der Waals surface area contributed by atoms with Crippen LogP contribution in [0.5, 0.6) is 0 Å². The summed E-state index contributed by atoms with van der Waals surface area (Å²) in [4.78, 5) is 0. The average molecular weight is 330 g/mol. The molecule has 0 saturated carbocycles. The van der Waals surface area contributed by atoms with Crippen LogP contribution in [0.2, 0.25) is 0 Å². The maximum absolute atomic E-state index is 2.54. The molecule has 0 spiro atoms. The van der Waals surface area contributed by atoms with Crippen LogP contribution < -0.4 is 0 Å². The van der Waals surface area contributed by atoms with Gasteiger partial charge in [0, 0.05) is 14.9 Å². The highest BCUT2D eigenvalue weighted by molar-refractivity contribution is 14.1. The summed E-state index contributed by atoms with van der Waals surface area (Å²) in [5, 5.41) is 0.821. The van der Waals surface area contributed by atoms with Crippen LogP contribution in [0.3, 0.4) is 0 Å². The van der Waals surface area contributed by atoms with Gasteiger partial charge in [-0.15, -0.1) is 0 Å². The van der Waals surface area contributed by atoms with Crippen LogP contribution in [0.4, 0.5) is 0 Å². The third kappa shape index (κ3) is 3.30. The highest BCUT2D eigenvalue weighted by atomic mass is 127. The number of alkyl halides is 1. The van der Waals surface area contributed by atoms with Gasteiger partial charge in [-0.05, 0) is 37.4 Å². The van der Waals surface area contributed by atoms with Crippen LogP contribution in [0.1, 0.15) is 20.8 Å². The quantitative estimate of drug-likeness (QED) is 0.444. The third-order valence-electron chi connectivity index (χ3n) is 2.16. The summed E-state index contributed by atoms with van der Waals surface area (Å²) in [6.07, 6.45) is 0. The SMILES string of the molecule is CC[N+](CC)=C1SCC(C(C)I)S1. The molecule has 1 fully saturated rings. The lowest BCUT2D eigenvalue weighted by molar-refractivity contribution is -0.515. The fraction of sp³-hybridized carbons (Fsp3) is 0.889. The smallest absolute Gasteiger partial charge is 0.219 e. The second-order valence-corrected chi connectivity index (χ2v) is 7.54. The molecule has 1 rings (SSSR count). The first kappa shape index (κ1) is 12.2. The van der Waals surface area contributed by atoms with Crippen molar-refractivity contribution >= 4 is 50.5 Å². The minimum absolute atomic E-state index is 0.781. The van der Waals surface area contributed by atoms with Crippen LogP contribution in [0.15, 0.2) is 0 Å². The average Bonchev–Trinajstić information content (AvgIpc) is 2.56. The molecule has 0 amide bonds. The van der Waals surface area contributed by atoms with Gasteiger partial charge < -0.3 is 0 Å². The predicted octanol–water partition coefficient (Wildman–Crippen LogP) is 3.07. The number of rotatable bonds is 3. The van der Waals surface area contributed by atoms with E-state index in [1.54, 1.807) is 4.38 Å². The van der Waals surface area contributed by atoms with Gasteiger partial charge in [0.2, 0.25) is 0 Å². The van der Waals surface area contributed by atoms with E-state index < -0.39 is 0 Å². The summed E-state index contributed by atoms with van der Waals surface area (Å²) in [6, 6.07) is 0. The molecule has 1 saturated heterocycles. The van der Waals surface area contributed by atoms with Crippen LogP contribution in [-0.2, 0) is 0 Å². The molecule has 13 heavy (non-hydrogen) atoms. The molecule has 1 aliphatic heterocycles. The Kier molecular flexibility index (Phi) is 5.48. The second-order valence-electron chi connectivity index (χ2n) is 3.08. The van der Waals surface area contributed by atoms with E-state index in [0.717, 1.165) is 22.3 Å². The fourth-order valence-corrected chi connectivity index (χ4v) is 5.48. The zero-order valence-electron chi connectivity index (χ0n) is 8.42. The van der Waals surface area contributed by atoms with Crippen molar-refractivity contribution in [1.82, 2.24) is 0 Å². The van der Waals surface area contributed by atoms with E-state index in [0.29, 0.717) is 0 Å². The van der Waals surface area contributed by atoms with E-state index in [9.17, 15) is 0 Å². The number of hydrogen-bond acceptors (Lipinski definition) is 2. The molecule has 0 N–H and O–H groups in total. The van der Waals surface area contributed by atoms with Gasteiger partial charge in [-0.2, -0.15) is 0 Å². The predicted molar refractivity (Wildman–Crippen MR) is 73.7 cm³/mol. The molecule has 1 heterocycles. The molecule has 0 aromatic rings. The maximum Gasteiger partial charge on any atom is 0.270 e. The molecule has 1 nitrogen and oxygen atoms in total. The Morgan fingerprint density at radius 1 is 1.54 bits per heavy atom. The first-order valence-electron chi connectivity index (χ1n) is 4.74. The maximum atomic E-state index is 2.54. The standard InChI is InChI=1S/C9H17INS2/c1-4-11(5-2)9-12-6-8(13-9)7(3)10/h7-8H,4-6H2,1-3H3/q+1. The van der Waals surface area contributed by atoms with Gasteiger partial charge in [0.05, 0.1) is 0 Å². The minimum atomic E-state index is 0.781. The first-order valence-corrected chi connectivity index (χ1v) is 7.85. The van der Waals surface area contributed by atoms with Crippen LogP contribution in [0, 0.1) is 0 Å². The zero-order chi connectivity index (χ0) is 9.84. The second kappa shape index (κ2) is 5.85. The Hall–Kier alpha value is 1.10. The molecule has 2 unspecified atom stereocenters. The van der Waals surface area contributed by atoms with Crippen molar-refractivity contribution in [3.05, 3.63) is 0 Å². The van der Waals surface area contributed by atoms with Crippen LogP contribution in [-0.4, -0.2) is 37.0 Å². The minimum Gasteiger partial charge on any atom is -0.219 e. The molecular formula is C9H17INS2+. The van der Waals surface area contributed by atoms with E-state index in [2.05, 4.69) is 59.7 Å². The highest BCUT2D eigenvalue weighted by Gasteiger charge is 2.31. The van der Waals surface area contributed by atoms with Crippen molar-refractivity contribution in [2.24, 2.45) is 0 Å². The largest absolute Gasteiger partial charge is 0.270 e.